The van der Waals surface area contributed by atoms with Crippen molar-refractivity contribution in [2.24, 2.45) is 11.7 Å². The monoisotopic (exact) mass is 291 g/mol. The molecule has 1 aliphatic rings. The standard InChI is InChI=1S/C11H12BrClFN/c12-9-4-3-8(11(14)10(9)13)7-2-1-6(7)5-15/h3-4,6-7H,1-2,5,15H2. The van der Waals surface area contributed by atoms with Gasteiger partial charge in [-0.3, -0.25) is 0 Å². The Labute approximate surface area is 102 Å². The summed E-state index contributed by atoms with van der Waals surface area (Å²) in [6, 6.07) is 3.60. The highest BCUT2D eigenvalue weighted by Gasteiger charge is 2.33. The predicted molar refractivity (Wildman–Crippen MR) is 63.6 cm³/mol. The largest absolute Gasteiger partial charge is 0.330 e. The fourth-order valence-electron chi connectivity index (χ4n) is 2.09. The van der Waals surface area contributed by atoms with E-state index < -0.39 is 0 Å². The molecule has 1 aliphatic carbocycles. The molecule has 2 rings (SSSR count). The van der Waals surface area contributed by atoms with Gasteiger partial charge in [0.25, 0.3) is 0 Å². The van der Waals surface area contributed by atoms with Gasteiger partial charge in [-0.15, -0.1) is 0 Å². The van der Waals surface area contributed by atoms with E-state index in [9.17, 15) is 4.39 Å². The third kappa shape index (κ3) is 1.93. The lowest BCUT2D eigenvalue weighted by Gasteiger charge is -2.36. The first kappa shape index (κ1) is 11.4. The molecule has 0 amide bonds. The van der Waals surface area contributed by atoms with Crippen molar-refractivity contribution in [3.05, 3.63) is 33.0 Å². The fraction of sp³-hybridized carbons (Fsp3) is 0.455. The van der Waals surface area contributed by atoms with Gasteiger partial charge in [-0.2, -0.15) is 0 Å². The van der Waals surface area contributed by atoms with Gasteiger partial charge in [0.15, 0.2) is 0 Å². The molecule has 0 bridgehead atoms. The summed E-state index contributed by atoms with van der Waals surface area (Å²) in [6.07, 6.45) is 2.10. The summed E-state index contributed by atoms with van der Waals surface area (Å²) in [5, 5.41) is 0.176. The molecule has 0 radical (unpaired) electrons. The molecule has 0 aliphatic heterocycles. The molecule has 2 unspecified atom stereocenters. The zero-order chi connectivity index (χ0) is 11.0. The van der Waals surface area contributed by atoms with Crippen molar-refractivity contribution < 1.29 is 4.39 Å². The number of halogens is 3. The maximum atomic E-state index is 13.8. The van der Waals surface area contributed by atoms with Crippen LogP contribution in [0.5, 0.6) is 0 Å². The molecule has 0 heterocycles. The van der Waals surface area contributed by atoms with Gasteiger partial charge < -0.3 is 5.73 Å². The third-order valence-corrected chi connectivity index (χ3v) is 4.44. The summed E-state index contributed by atoms with van der Waals surface area (Å²) in [5.74, 6) is 0.367. The van der Waals surface area contributed by atoms with Crippen molar-refractivity contribution in [1.29, 1.82) is 0 Å². The molecule has 4 heteroatoms. The quantitative estimate of drug-likeness (QED) is 0.827. The topological polar surface area (TPSA) is 26.0 Å². The minimum absolute atomic E-state index is 0.176. The SMILES string of the molecule is NCC1CCC1c1ccc(Br)c(Cl)c1F. The van der Waals surface area contributed by atoms with Gasteiger partial charge in [-0.25, -0.2) is 4.39 Å². The smallest absolute Gasteiger partial charge is 0.146 e. The lowest BCUT2D eigenvalue weighted by molar-refractivity contribution is 0.257. The minimum Gasteiger partial charge on any atom is -0.330 e. The van der Waals surface area contributed by atoms with Crippen LogP contribution in [0.1, 0.15) is 24.3 Å². The van der Waals surface area contributed by atoms with Gasteiger partial charge in [0.2, 0.25) is 0 Å². The third-order valence-electron chi connectivity index (χ3n) is 3.18. The molecule has 15 heavy (non-hydrogen) atoms. The second-order valence-corrected chi connectivity index (χ2v) is 5.18. The first-order chi connectivity index (χ1) is 7.15. The minimum atomic E-state index is -0.297. The summed E-state index contributed by atoms with van der Waals surface area (Å²) in [4.78, 5) is 0. The predicted octanol–water partition coefficient (Wildman–Crippen LogP) is 3.69. The molecule has 1 nitrogen and oxygen atoms in total. The molecule has 0 saturated heterocycles. The van der Waals surface area contributed by atoms with Crippen molar-refractivity contribution >= 4 is 27.5 Å². The van der Waals surface area contributed by atoms with Gasteiger partial charge in [-0.05, 0) is 58.8 Å². The molecule has 1 saturated carbocycles. The Morgan fingerprint density at radius 2 is 2.20 bits per heavy atom. The van der Waals surface area contributed by atoms with E-state index in [0.29, 0.717) is 22.5 Å². The maximum absolute atomic E-state index is 13.8. The number of hydrogen-bond donors (Lipinski definition) is 1. The second-order valence-electron chi connectivity index (χ2n) is 3.94. The fourth-order valence-corrected chi connectivity index (χ4v) is 2.57. The molecule has 2 N–H and O–H groups in total. The Morgan fingerprint density at radius 1 is 1.47 bits per heavy atom. The van der Waals surface area contributed by atoms with E-state index in [1.54, 1.807) is 12.1 Å². The Kier molecular flexibility index (Phi) is 3.33. The van der Waals surface area contributed by atoms with E-state index in [-0.39, 0.29) is 16.8 Å². The van der Waals surface area contributed by atoms with Crippen LogP contribution >= 0.6 is 27.5 Å². The average molecular weight is 293 g/mol. The van der Waals surface area contributed by atoms with Crippen LogP contribution in [0, 0.1) is 11.7 Å². The van der Waals surface area contributed by atoms with Crippen LogP contribution in [0.2, 0.25) is 5.02 Å². The number of hydrogen-bond acceptors (Lipinski definition) is 1. The second kappa shape index (κ2) is 4.40. The molecule has 82 valence electrons. The first-order valence-corrected chi connectivity index (χ1v) is 6.15. The van der Waals surface area contributed by atoms with Crippen LogP contribution < -0.4 is 5.73 Å². The van der Waals surface area contributed by atoms with Crippen molar-refractivity contribution in [2.45, 2.75) is 18.8 Å². The first-order valence-electron chi connectivity index (χ1n) is 4.98. The Balaban J connectivity index is 2.33. The van der Waals surface area contributed by atoms with Crippen LogP contribution in [0.4, 0.5) is 4.39 Å². The van der Waals surface area contributed by atoms with Gasteiger partial charge in [0.05, 0.1) is 5.02 Å². The Hall–Kier alpha value is -0.120. The van der Waals surface area contributed by atoms with E-state index in [1.807, 2.05) is 0 Å². The molecule has 1 aromatic rings. The molecule has 2 atom stereocenters. The summed E-state index contributed by atoms with van der Waals surface area (Å²) in [7, 11) is 0. The van der Waals surface area contributed by atoms with E-state index in [4.69, 9.17) is 17.3 Å². The zero-order valence-electron chi connectivity index (χ0n) is 8.14. The zero-order valence-corrected chi connectivity index (χ0v) is 10.5. The van der Waals surface area contributed by atoms with Crippen molar-refractivity contribution in [1.82, 2.24) is 0 Å². The Morgan fingerprint density at radius 3 is 2.73 bits per heavy atom. The molecule has 1 aromatic carbocycles. The molecule has 0 spiro atoms. The van der Waals surface area contributed by atoms with Gasteiger partial charge in [-0.1, -0.05) is 17.7 Å². The molecular formula is C11H12BrClFN. The molecule has 1 fully saturated rings. The van der Waals surface area contributed by atoms with Crippen LogP contribution in [-0.2, 0) is 0 Å². The number of rotatable bonds is 2. The lowest BCUT2D eigenvalue weighted by atomic mass is 9.70. The highest BCUT2D eigenvalue weighted by molar-refractivity contribution is 9.10. The van der Waals surface area contributed by atoms with E-state index >= 15 is 0 Å². The van der Waals surface area contributed by atoms with Crippen LogP contribution in [0.25, 0.3) is 0 Å². The van der Waals surface area contributed by atoms with Crippen LogP contribution in [-0.4, -0.2) is 6.54 Å². The highest BCUT2D eigenvalue weighted by Crippen LogP contribution is 2.44. The Bertz CT molecular complexity index is 381. The average Bonchev–Trinajstić information content (AvgIpc) is 2.18. The summed E-state index contributed by atoms with van der Waals surface area (Å²) in [6.45, 7) is 0.623. The highest BCUT2D eigenvalue weighted by atomic mass is 79.9. The van der Waals surface area contributed by atoms with Crippen LogP contribution in [0.3, 0.4) is 0 Å². The van der Waals surface area contributed by atoms with E-state index in [2.05, 4.69) is 15.9 Å². The summed E-state index contributed by atoms with van der Waals surface area (Å²) in [5.41, 5.74) is 6.33. The summed E-state index contributed by atoms with van der Waals surface area (Å²) >= 11 is 9.05. The van der Waals surface area contributed by atoms with Gasteiger partial charge in [0, 0.05) is 4.47 Å². The van der Waals surface area contributed by atoms with Crippen LogP contribution in [0.15, 0.2) is 16.6 Å². The van der Waals surface area contributed by atoms with Crippen molar-refractivity contribution in [2.75, 3.05) is 6.54 Å². The van der Waals surface area contributed by atoms with Crippen molar-refractivity contribution in [3.8, 4) is 0 Å². The van der Waals surface area contributed by atoms with Gasteiger partial charge >= 0.3 is 0 Å². The lowest BCUT2D eigenvalue weighted by Crippen LogP contribution is -2.31. The van der Waals surface area contributed by atoms with Gasteiger partial charge in [0.1, 0.15) is 5.82 Å². The van der Waals surface area contributed by atoms with E-state index in [0.717, 1.165) is 12.8 Å². The molecule has 0 aromatic heterocycles. The van der Waals surface area contributed by atoms with Crippen molar-refractivity contribution in [3.63, 3.8) is 0 Å². The molecular weight excluding hydrogens is 280 g/mol. The normalized spacial score (nSPS) is 25.1. The number of nitrogens with two attached hydrogens (primary N) is 1. The number of benzene rings is 1. The van der Waals surface area contributed by atoms with E-state index in [1.165, 1.54) is 0 Å². The summed E-state index contributed by atoms with van der Waals surface area (Å²) < 4.78 is 14.4. The maximum Gasteiger partial charge on any atom is 0.146 e.